The second-order valence-corrected chi connectivity index (χ2v) is 2.65. The van der Waals surface area contributed by atoms with E-state index in [9.17, 15) is 4.79 Å². The molecule has 0 aliphatic rings. The first-order valence-corrected chi connectivity index (χ1v) is 3.81. The molecule has 0 aliphatic carbocycles. The minimum atomic E-state index is -0.346. The van der Waals surface area contributed by atoms with Gasteiger partial charge in [-0.25, -0.2) is 9.89 Å². The van der Waals surface area contributed by atoms with Gasteiger partial charge in [-0.05, 0) is 12.1 Å². The van der Waals surface area contributed by atoms with E-state index >= 15 is 0 Å². The van der Waals surface area contributed by atoms with Crippen LogP contribution in [-0.2, 0) is 7.05 Å². The molecule has 2 aromatic rings. The van der Waals surface area contributed by atoms with Crippen LogP contribution >= 0.6 is 0 Å². The van der Waals surface area contributed by atoms with Gasteiger partial charge in [0.15, 0.2) is 5.82 Å². The summed E-state index contributed by atoms with van der Waals surface area (Å²) >= 11 is 0. The monoisotopic (exact) mass is 176 g/mol. The Morgan fingerprint density at radius 2 is 2.38 bits per heavy atom. The van der Waals surface area contributed by atoms with Crippen molar-refractivity contribution in [1.82, 2.24) is 19.7 Å². The van der Waals surface area contributed by atoms with Gasteiger partial charge in [-0.3, -0.25) is 9.67 Å². The highest BCUT2D eigenvalue weighted by Crippen LogP contribution is 2.10. The highest BCUT2D eigenvalue weighted by Gasteiger charge is 2.04. The van der Waals surface area contributed by atoms with Crippen LogP contribution in [0.4, 0.5) is 0 Å². The Labute approximate surface area is 74.1 Å². The lowest BCUT2D eigenvalue weighted by Crippen LogP contribution is -2.03. The lowest BCUT2D eigenvalue weighted by molar-refractivity contribution is 0.763. The van der Waals surface area contributed by atoms with Crippen molar-refractivity contribution >= 4 is 0 Å². The van der Waals surface area contributed by atoms with Gasteiger partial charge in [0.1, 0.15) is 0 Å². The number of pyridine rings is 1. The van der Waals surface area contributed by atoms with Crippen LogP contribution in [0.1, 0.15) is 0 Å². The highest BCUT2D eigenvalue weighted by molar-refractivity contribution is 5.52. The molecule has 0 aromatic carbocycles. The summed E-state index contributed by atoms with van der Waals surface area (Å²) in [5.74, 6) is 0.595. The molecular formula is C8H8N4O. The zero-order valence-electron chi connectivity index (χ0n) is 7.06. The molecule has 66 valence electrons. The van der Waals surface area contributed by atoms with Crippen LogP contribution in [0.5, 0.6) is 0 Å². The van der Waals surface area contributed by atoms with E-state index in [1.807, 2.05) is 6.07 Å². The van der Waals surface area contributed by atoms with Gasteiger partial charge in [0.05, 0.1) is 0 Å². The molecule has 5 heteroatoms. The van der Waals surface area contributed by atoms with E-state index in [0.29, 0.717) is 5.82 Å². The Hall–Kier alpha value is -1.91. The topological polar surface area (TPSA) is 63.6 Å². The number of aromatic amines is 1. The van der Waals surface area contributed by atoms with Crippen molar-refractivity contribution in [3.05, 3.63) is 35.0 Å². The van der Waals surface area contributed by atoms with Crippen molar-refractivity contribution in [1.29, 1.82) is 0 Å². The fourth-order valence-electron chi connectivity index (χ4n) is 1.15. The average Bonchev–Trinajstić information content (AvgIpc) is 2.47. The molecule has 2 aromatic heterocycles. The van der Waals surface area contributed by atoms with Gasteiger partial charge in [0.2, 0.25) is 0 Å². The summed E-state index contributed by atoms with van der Waals surface area (Å²) in [5, 5.41) is 2.53. The van der Waals surface area contributed by atoms with Crippen molar-refractivity contribution in [2.75, 3.05) is 0 Å². The Balaban J connectivity index is 2.59. The average molecular weight is 176 g/mol. The fourth-order valence-corrected chi connectivity index (χ4v) is 1.15. The maximum absolute atomic E-state index is 10.9. The van der Waals surface area contributed by atoms with E-state index in [0.717, 1.165) is 5.56 Å². The smallest absolute Gasteiger partial charge is 0.269 e. The number of nitrogens with one attached hydrogen (secondary N) is 1. The van der Waals surface area contributed by atoms with E-state index in [1.165, 1.54) is 0 Å². The number of aromatic nitrogens is 4. The first-order valence-electron chi connectivity index (χ1n) is 3.81. The van der Waals surface area contributed by atoms with Crippen LogP contribution in [0.3, 0.4) is 0 Å². The molecular weight excluding hydrogens is 168 g/mol. The van der Waals surface area contributed by atoms with Crippen LogP contribution in [0.2, 0.25) is 0 Å². The van der Waals surface area contributed by atoms with E-state index < -0.39 is 0 Å². The van der Waals surface area contributed by atoms with Crippen molar-refractivity contribution in [3.63, 3.8) is 0 Å². The molecule has 0 spiro atoms. The van der Waals surface area contributed by atoms with Crippen LogP contribution in [-0.4, -0.2) is 19.7 Å². The molecule has 0 amide bonds. The molecule has 1 N–H and O–H groups in total. The molecule has 0 unspecified atom stereocenters. The molecule has 0 bridgehead atoms. The summed E-state index contributed by atoms with van der Waals surface area (Å²) in [6.07, 6.45) is 3.34. The van der Waals surface area contributed by atoms with Gasteiger partial charge >= 0.3 is 5.69 Å². The molecule has 0 fully saturated rings. The molecule has 2 rings (SSSR count). The lowest BCUT2D eigenvalue weighted by Gasteiger charge is -1.97. The third-order valence-electron chi connectivity index (χ3n) is 1.71. The van der Waals surface area contributed by atoms with Gasteiger partial charge in [-0.15, -0.1) is 0 Å². The van der Waals surface area contributed by atoms with E-state index in [4.69, 9.17) is 0 Å². The number of nitrogens with zero attached hydrogens (tertiary/aromatic N) is 3. The van der Waals surface area contributed by atoms with Gasteiger partial charge in [0, 0.05) is 25.0 Å². The second kappa shape index (κ2) is 2.85. The summed E-state index contributed by atoms with van der Waals surface area (Å²) in [6, 6.07) is 3.65. The number of aryl methyl sites for hydroxylation is 1. The van der Waals surface area contributed by atoms with Crippen molar-refractivity contribution in [2.45, 2.75) is 0 Å². The van der Waals surface area contributed by atoms with Gasteiger partial charge in [-0.1, -0.05) is 0 Å². The van der Waals surface area contributed by atoms with Gasteiger partial charge in [0.25, 0.3) is 0 Å². The first kappa shape index (κ1) is 7.72. The number of H-pyrrole nitrogens is 1. The van der Waals surface area contributed by atoms with Crippen molar-refractivity contribution in [3.8, 4) is 11.4 Å². The molecule has 13 heavy (non-hydrogen) atoms. The molecule has 0 aliphatic heterocycles. The van der Waals surface area contributed by atoms with E-state index in [-0.39, 0.29) is 5.69 Å². The molecule has 0 atom stereocenters. The van der Waals surface area contributed by atoms with Crippen molar-refractivity contribution < 1.29 is 0 Å². The zero-order chi connectivity index (χ0) is 9.26. The van der Waals surface area contributed by atoms with E-state index in [2.05, 4.69) is 15.1 Å². The maximum atomic E-state index is 10.9. The van der Waals surface area contributed by atoms with Gasteiger partial charge < -0.3 is 0 Å². The fraction of sp³-hybridized carbons (Fsp3) is 0.125. The molecule has 2 heterocycles. The predicted octanol–water partition coefficient (Wildman–Crippen LogP) is 0.170. The maximum Gasteiger partial charge on any atom is 0.361 e. The van der Waals surface area contributed by atoms with Crippen LogP contribution in [0.25, 0.3) is 11.4 Å². The minimum Gasteiger partial charge on any atom is -0.269 e. The van der Waals surface area contributed by atoms with Gasteiger partial charge in [-0.2, -0.15) is 4.98 Å². The third kappa shape index (κ3) is 1.35. The first-order chi connectivity index (χ1) is 6.27. The Bertz CT molecular complexity index is 456. The lowest BCUT2D eigenvalue weighted by atomic mass is 10.3. The highest BCUT2D eigenvalue weighted by atomic mass is 16.1. The van der Waals surface area contributed by atoms with E-state index in [1.54, 1.807) is 30.2 Å². The number of rotatable bonds is 1. The van der Waals surface area contributed by atoms with Crippen LogP contribution in [0.15, 0.2) is 29.3 Å². The molecule has 0 saturated heterocycles. The summed E-state index contributed by atoms with van der Waals surface area (Å²) in [4.78, 5) is 18.6. The standard InChI is InChI=1S/C8H8N4O/c1-12-7(10-8(13)11-12)6-3-2-4-9-5-6/h2-5H,1H3,(H,11,13). The molecule has 5 nitrogen and oxygen atoms in total. The molecule has 0 radical (unpaired) electrons. The Morgan fingerprint density at radius 1 is 1.54 bits per heavy atom. The quantitative estimate of drug-likeness (QED) is 0.673. The predicted molar refractivity (Wildman–Crippen MR) is 47.1 cm³/mol. The summed E-state index contributed by atoms with van der Waals surface area (Å²) in [6.45, 7) is 0. The Morgan fingerprint density at radius 3 is 2.92 bits per heavy atom. The summed E-state index contributed by atoms with van der Waals surface area (Å²) < 4.78 is 1.57. The second-order valence-electron chi connectivity index (χ2n) is 2.65. The van der Waals surface area contributed by atoms with Crippen LogP contribution in [0, 0.1) is 0 Å². The summed E-state index contributed by atoms with van der Waals surface area (Å²) in [7, 11) is 1.73. The third-order valence-corrected chi connectivity index (χ3v) is 1.71. The zero-order valence-corrected chi connectivity index (χ0v) is 7.06. The largest absolute Gasteiger partial charge is 0.361 e. The molecule has 0 saturated carbocycles. The van der Waals surface area contributed by atoms with Crippen LogP contribution < -0.4 is 5.69 Å². The number of hydrogen-bond donors (Lipinski definition) is 1. The van der Waals surface area contributed by atoms with Crippen molar-refractivity contribution in [2.24, 2.45) is 7.05 Å². The Kier molecular flexibility index (Phi) is 1.70. The minimum absolute atomic E-state index is 0.346. The summed E-state index contributed by atoms with van der Waals surface area (Å²) in [5.41, 5.74) is 0.477. The SMILES string of the molecule is Cn1[nH]c(=O)nc1-c1cccnc1. The number of hydrogen-bond acceptors (Lipinski definition) is 3. The normalized spacial score (nSPS) is 10.2.